The van der Waals surface area contributed by atoms with E-state index >= 15 is 0 Å². The lowest BCUT2D eigenvalue weighted by atomic mass is 10.1. The van der Waals surface area contributed by atoms with E-state index in [9.17, 15) is 13.2 Å². The summed E-state index contributed by atoms with van der Waals surface area (Å²) in [6, 6.07) is 0. The van der Waals surface area contributed by atoms with Gasteiger partial charge in [0, 0.05) is 13.1 Å². The average Bonchev–Trinajstić information content (AvgIpc) is 3.04. The second-order valence-electron chi connectivity index (χ2n) is 4.82. The zero-order chi connectivity index (χ0) is 14.9. The highest BCUT2D eigenvalue weighted by Gasteiger charge is 2.36. The third-order valence-corrected chi connectivity index (χ3v) is 6.73. The lowest BCUT2D eigenvalue weighted by Crippen LogP contribution is -2.31. The summed E-state index contributed by atoms with van der Waals surface area (Å²) in [4.78, 5) is 11.9. The summed E-state index contributed by atoms with van der Waals surface area (Å²) >= 11 is 1.10. The maximum atomic E-state index is 12.7. The molecule has 0 radical (unpaired) electrons. The number of carbonyl (C=O) groups excluding carboxylic acids is 1. The molecule has 0 bridgehead atoms. The topological polar surface area (TPSA) is 89.7 Å². The number of carbonyl (C=O) groups is 1. The number of nitrogens with zero attached hydrogens (tertiary/aromatic N) is 1. The molecule has 1 saturated heterocycles. The molecule has 8 heteroatoms. The maximum Gasteiger partial charge on any atom is 0.349 e. The van der Waals surface area contributed by atoms with Gasteiger partial charge in [0.05, 0.1) is 7.11 Å². The Morgan fingerprint density at radius 2 is 2.30 bits per heavy atom. The van der Waals surface area contributed by atoms with E-state index in [-0.39, 0.29) is 15.7 Å². The highest BCUT2D eigenvalue weighted by molar-refractivity contribution is 7.89. The van der Waals surface area contributed by atoms with Crippen molar-refractivity contribution >= 4 is 27.3 Å². The molecule has 2 heterocycles. The molecular formula is C12H18N2O4S2. The molecule has 1 fully saturated rings. The number of rotatable bonds is 4. The van der Waals surface area contributed by atoms with Crippen molar-refractivity contribution in [2.75, 3.05) is 26.7 Å². The van der Waals surface area contributed by atoms with Crippen LogP contribution in [0.2, 0.25) is 0 Å². The molecule has 1 aromatic heterocycles. The molecule has 6 nitrogen and oxygen atoms in total. The second kappa shape index (κ2) is 5.80. The number of hydrogen-bond acceptors (Lipinski definition) is 6. The molecule has 0 amide bonds. The van der Waals surface area contributed by atoms with Crippen LogP contribution < -0.4 is 5.73 Å². The Balaban J connectivity index is 2.40. The summed E-state index contributed by atoms with van der Waals surface area (Å²) in [5, 5.41) is 1.66. The van der Waals surface area contributed by atoms with E-state index in [1.165, 1.54) is 11.4 Å². The van der Waals surface area contributed by atoms with Crippen LogP contribution in [0.5, 0.6) is 0 Å². The van der Waals surface area contributed by atoms with Crippen molar-refractivity contribution in [2.24, 2.45) is 11.7 Å². The van der Waals surface area contributed by atoms with Gasteiger partial charge in [0.25, 0.3) is 0 Å². The highest BCUT2D eigenvalue weighted by Crippen LogP contribution is 2.32. The first kappa shape index (κ1) is 15.4. The number of aryl methyl sites for hydroxylation is 1. The predicted octanol–water partition coefficient (Wildman–Crippen LogP) is 0.812. The van der Waals surface area contributed by atoms with E-state index in [0.717, 1.165) is 17.8 Å². The van der Waals surface area contributed by atoms with Gasteiger partial charge in [0.15, 0.2) is 0 Å². The number of hydrogen-bond donors (Lipinski definition) is 1. The maximum absolute atomic E-state index is 12.7. The summed E-state index contributed by atoms with van der Waals surface area (Å²) in [6.45, 7) is 3.01. The Labute approximate surface area is 122 Å². The minimum Gasteiger partial charge on any atom is -0.465 e. The fraction of sp³-hybridized carbons (Fsp3) is 0.583. The predicted molar refractivity (Wildman–Crippen MR) is 76.3 cm³/mol. The van der Waals surface area contributed by atoms with Gasteiger partial charge in [-0.05, 0) is 36.8 Å². The smallest absolute Gasteiger partial charge is 0.349 e. The molecule has 2 N–H and O–H groups in total. The minimum absolute atomic E-state index is 0.0759. The Kier molecular flexibility index (Phi) is 4.48. The molecule has 0 spiro atoms. The third-order valence-electron chi connectivity index (χ3n) is 3.47. The van der Waals surface area contributed by atoms with Gasteiger partial charge in [-0.3, -0.25) is 0 Å². The number of sulfonamides is 1. The standard InChI is InChI=1S/C12H18N2O4S2/c1-8-7-19-10(12(15)18-2)11(8)20(16,17)14-4-3-9(5-13)6-14/h7,9H,3-6,13H2,1-2H3. The lowest BCUT2D eigenvalue weighted by molar-refractivity contribution is 0.0602. The number of nitrogens with two attached hydrogens (primary N) is 1. The van der Waals surface area contributed by atoms with Gasteiger partial charge in [-0.15, -0.1) is 11.3 Å². The van der Waals surface area contributed by atoms with E-state index in [1.807, 2.05) is 0 Å². The molecule has 1 aliphatic rings. The summed E-state index contributed by atoms with van der Waals surface area (Å²) in [5.41, 5.74) is 6.17. The van der Waals surface area contributed by atoms with E-state index < -0.39 is 16.0 Å². The lowest BCUT2D eigenvalue weighted by Gasteiger charge is -2.17. The summed E-state index contributed by atoms with van der Waals surface area (Å²) in [7, 11) is -2.42. The molecule has 1 unspecified atom stereocenters. The SMILES string of the molecule is COC(=O)c1scc(C)c1S(=O)(=O)N1CCC(CN)C1. The highest BCUT2D eigenvalue weighted by atomic mass is 32.2. The van der Waals surface area contributed by atoms with Gasteiger partial charge in [0.1, 0.15) is 9.77 Å². The van der Waals surface area contributed by atoms with Crippen LogP contribution in [0, 0.1) is 12.8 Å². The molecule has 112 valence electrons. The first-order chi connectivity index (χ1) is 9.41. The van der Waals surface area contributed by atoms with Crippen molar-refractivity contribution in [1.82, 2.24) is 4.31 Å². The molecule has 20 heavy (non-hydrogen) atoms. The van der Waals surface area contributed by atoms with E-state index in [1.54, 1.807) is 12.3 Å². The molecule has 0 aliphatic carbocycles. The van der Waals surface area contributed by atoms with Crippen LogP contribution >= 0.6 is 11.3 Å². The molecule has 0 saturated carbocycles. The molecule has 0 aromatic carbocycles. The monoisotopic (exact) mass is 318 g/mol. The number of esters is 1. The van der Waals surface area contributed by atoms with Crippen LogP contribution in [0.1, 0.15) is 21.7 Å². The van der Waals surface area contributed by atoms with Crippen LogP contribution in [0.25, 0.3) is 0 Å². The van der Waals surface area contributed by atoms with Crippen molar-refractivity contribution < 1.29 is 17.9 Å². The molecular weight excluding hydrogens is 300 g/mol. The van der Waals surface area contributed by atoms with E-state index in [0.29, 0.717) is 25.2 Å². The van der Waals surface area contributed by atoms with E-state index in [4.69, 9.17) is 5.73 Å². The fourth-order valence-corrected chi connectivity index (χ4v) is 5.51. The minimum atomic E-state index is -3.67. The van der Waals surface area contributed by atoms with Crippen molar-refractivity contribution in [3.8, 4) is 0 Å². The van der Waals surface area contributed by atoms with Crippen LogP contribution in [0.4, 0.5) is 0 Å². The largest absolute Gasteiger partial charge is 0.465 e. The van der Waals surface area contributed by atoms with Gasteiger partial charge in [-0.2, -0.15) is 4.31 Å². The van der Waals surface area contributed by atoms with Gasteiger partial charge in [0.2, 0.25) is 10.0 Å². The normalized spacial score (nSPS) is 20.2. The Morgan fingerprint density at radius 3 is 2.85 bits per heavy atom. The zero-order valence-corrected chi connectivity index (χ0v) is 13.1. The fourth-order valence-electron chi connectivity index (χ4n) is 2.32. The van der Waals surface area contributed by atoms with Crippen molar-refractivity contribution in [3.05, 3.63) is 15.8 Å². The molecule has 1 aliphatic heterocycles. The number of ether oxygens (including phenoxy) is 1. The summed E-state index contributed by atoms with van der Waals surface area (Å²) in [5.74, 6) is -0.429. The average molecular weight is 318 g/mol. The first-order valence-electron chi connectivity index (χ1n) is 6.28. The summed E-state index contributed by atoms with van der Waals surface area (Å²) < 4.78 is 31.5. The van der Waals surface area contributed by atoms with Gasteiger partial charge in [-0.25, -0.2) is 13.2 Å². The molecule has 1 aromatic rings. The van der Waals surface area contributed by atoms with Crippen LogP contribution in [-0.4, -0.2) is 45.4 Å². The van der Waals surface area contributed by atoms with Crippen LogP contribution in [0.3, 0.4) is 0 Å². The second-order valence-corrected chi connectivity index (χ2v) is 7.58. The number of methoxy groups -OCH3 is 1. The van der Waals surface area contributed by atoms with Crippen LogP contribution in [0.15, 0.2) is 10.3 Å². The van der Waals surface area contributed by atoms with Gasteiger partial charge in [-0.1, -0.05) is 0 Å². The van der Waals surface area contributed by atoms with Crippen molar-refractivity contribution in [3.63, 3.8) is 0 Å². The van der Waals surface area contributed by atoms with Crippen molar-refractivity contribution in [2.45, 2.75) is 18.2 Å². The Morgan fingerprint density at radius 1 is 1.60 bits per heavy atom. The Bertz CT molecular complexity index is 609. The summed E-state index contributed by atoms with van der Waals surface area (Å²) in [6.07, 6.45) is 0.756. The van der Waals surface area contributed by atoms with Crippen LogP contribution in [-0.2, 0) is 14.8 Å². The molecule has 1 atom stereocenters. The van der Waals surface area contributed by atoms with E-state index in [2.05, 4.69) is 4.74 Å². The number of thiophene rings is 1. The van der Waals surface area contributed by atoms with Gasteiger partial charge < -0.3 is 10.5 Å². The molecule has 2 rings (SSSR count). The first-order valence-corrected chi connectivity index (χ1v) is 8.60. The zero-order valence-electron chi connectivity index (χ0n) is 11.5. The third kappa shape index (κ3) is 2.60. The quantitative estimate of drug-likeness (QED) is 0.830. The van der Waals surface area contributed by atoms with Crippen molar-refractivity contribution in [1.29, 1.82) is 0 Å². The van der Waals surface area contributed by atoms with Gasteiger partial charge >= 0.3 is 5.97 Å². The Hall–Kier alpha value is -0.960.